The summed E-state index contributed by atoms with van der Waals surface area (Å²) in [6.45, 7) is 1.86. The van der Waals surface area contributed by atoms with Crippen LogP contribution < -0.4 is 10.1 Å². The Labute approximate surface area is 154 Å². The molecule has 27 heavy (non-hydrogen) atoms. The Morgan fingerprint density at radius 3 is 2.11 bits per heavy atom. The second-order valence-corrected chi connectivity index (χ2v) is 5.55. The molecule has 2 aromatic carbocycles. The second-order valence-electron chi connectivity index (χ2n) is 5.55. The minimum atomic E-state index is -0.941. The van der Waals surface area contributed by atoms with Crippen molar-refractivity contribution in [3.05, 3.63) is 65.2 Å². The molecule has 0 atom stereocenters. The van der Waals surface area contributed by atoms with Crippen LogP contribution in [-0.4, -0.2) is 41.9 Å². The fourth-order valence-electron chi connectivity index (χ4n) is 2.51. The average Bonchev–Trinajstić information content (AvgIpc) is 2.92. The number of hydrogen-bond donors (Lipinski definition) is 1. The molecule has 3 rings (SSSR count). The van der Waals surface area contributed by atoms with Crippen LogP contribution in [0.25, 0.3) is 0 Å². The number of imide groups is 1. The fourth-order valence-corrected chi connectivity index (χ4v) is 2.51. The molecular formula is C19H16N2O6. The monoisotopic (exact) mass is 368 g/mol. The zero-order valence-corrected chi connectivity index (χ0v) is 14.4. The van der Waals surface area contributed by atoms with E-state index in [1.807, 2.05) is 6.92 Å². The van der Waals surface area contributed by atoms with Gasteiger partial charge in [-0.2, -0.15) is 0 Å². The molecule has 0 aromatic heterocycles. The highest BCUT2D eigenvalue weighted by atomic mass is 16.7. The van der Waals surface area contributed by atoms with E-state index in [0.717, 1.165) is 0 Å². The molecule has 1 aliphatic heterocycles. The smallest absolute Gasteiger partial charge is 0.352 e. The molecule has 1 N–H and O–H groups in total. The Bertz CT molecular complexity index is 872. The molecule has 0 fully saturated rings. The number of ether oxygens (including phenoxy) is 1. The molecule has 2 aromatic rings. The number of carbonyl (C=O) groups is 4. The lowest BCUT2D eigenvalue weighted by molar-refractivity contribution is -0.167. The molecule has 8 heteroatoms. The molecule has 138 valence electrons. The highest BCUT2D eigenvalue weighted by Gasteiger charge is 2.38. The molecule has 1 aliphatic rings. The minimum Gasteiger partial charge on any atom is -0.494 e. The van der Waals surface area contributed by atoms with Crippen molar-refractivity contribution in [2.75, 3.05) is 13.2 Å². The van der Waals surface area contributed by atoms with Gasteiger partial charge >= 0.3 is 5.97 Å². The quantitative estimate of drug-likeness (QED) is 0.777. The average molecular weight is 368 g/mol. The van der Waals surface area contributed by atoms with Crippen LogP contribution in [0, 0.1) is 0 Å². The van der Waals surface area contributed by atoms with Crippen LogP contribution in [0.2, 0.25) is 0 Å². The van der Waals surface area contributed by atoms with Gasteiger partial charge in [-0.1, -0.05) is 17.2 Å². The predicted molar refractivity (Wildman–Crippen MR) is 93.0 cm³/mol. The van der Waals surface area contributed by atoms with Gasteiger partial charge in [0, 0.05) is 5.56 Å². The molecule has 0 aliphatic carbocycles. The van der Waals surface area contributed by atoms with Crippen LogP contribution in [0.4, 0.5) is 0 Å². The number of amides is 3. The SMILES string of the molecule is CCOc1ccc(C(=O)NCC(=O)ON2C(=O)c3ccccc3C2=O)cc1. The van der Waals surface area contributed by atoms with Gasteiger partial charge < -0.3 is 14.9 Å². The van der Waals surface area contributed by atoms with Crippen molar-refractivity contribution < 1.29 is 28.8 Å². The summed E-state index contributed by atoms with van der Waals surface area (Å²) in [6.07, 6.45) is 0. The van der Waals surface area contributed by atoms with E-state index < -0.39 is 30.2 Å². The van der Waals surface area contributed by atoms with Gasteiger partial charge in [0.15, 0.2) is 0 Å². The second kappa shape index (κ2) is 7.69. The summed E-state index contributed by atoms with van der Waals surface area (Å²) in [5.41, 5.74) is 0.648. The third-order valence-electron chi connectivity index (χ3n) is 3.77. The number of hydroxylamine groups is 2. The summed E-state index contributed by atoms with van der Waals surface area (Å²) in [7, 11) is 0. The number of benzene rings is 2. The third kappa shape index (κ3) is 3.79. The number of nitrogens with one attached hydrogen (secondary N) is 1. The molecular weight excluding hydrogens is 352 g/mol. The highest BCUT2D eigenvalue weighted by Crippen LogP contribution is 2.22. The number of nitrogens with zero attached hydrogens (tertiary/aromatic N) is 1. The van der Waals surface area contributed by atoms with E-state index in [1.165, 1.54) is 12.1 Å². The summed E-state index contributed by atoms with van der Waals surface area (Å²) in [4.78, 5) is 53.0. The van der Waals surface area contributed by atoms with Crippen LogP contribution in [0.1, 0.15) is 38.0 Å². The van der Waals surface area contributed by atoms with E-state index in [4.69, 9.17) is 9.57 Å². The van der Waals surface area contributed by atoms with Crippen molar-refractivity contribution in [3.8, 4) is 5.75 Å². The van der Waals surface area contributed by atoms with E-state index in [2.05, 4.69) is 5.32 Å². The van der Waals surface area contributed by atoms with Gasteiger partial charge in [0.05, 0.1) is 17.7 Å². The topological polar surface area (TPSA) is 102 Å². The molecule has 0 unspecified atom stereocenters. The van der Waals surface area contributed by atoms with E-state index in [9.17, 15) is 19.2 Å². The first-order valence-corrected chi connectivity index (χ1v) is 8.21. The van der Waals surface area contributed by atoms with Crippen LogP contribution in [0.15, 0.2) is 48.5 Å². The van der Waals surface area contributed by atoms with Crippen LogP contribution in [0.5, 0.6) is 5.75 Å². The molecule has 8 nitrogen and oxygen atoms in total. The maximum absolute atomic E-state index is 12.1. The molecule has 0 saturated heterocycles. The molecule has 0 saturated carbocycles. The van der Waals surface area contributed by atoms with Crippen molar-refractivity contribution in [3.63, 3.8) is 0 Å². The Morgan fingerprint density at radius 1 is 0.963 bits per heavy atom. The lowest BCUT2D eigenvalue weighted by Crippen LogP contribution is -2.38. The van der Waals surface area contributed by atoms with Crippen LogP contribution in [0.3, 0.4) is 0 Å². The minimum absolute atomic E-state index is 0.161. The zero-order valence-electron chi connectivity index (χ0n) is 14.4. The summed E-state index contributed by atoms with van der Waals surface area (Å²) in [6, 6.07) is 12.5. The van der Waals surface area contributed by atoms with Crippen molar-refractivity contribution in [2.45, 2.75) is 6.92 Å². The van der Waals surface area contributed by atoms with Crippen LogP contribution >= 0.6 is 0 Å². The lowest BCUT2D eigenvalue weighted by atomic mass is 10.1. The summed E-state index contributed by atoms with van der Waals surface area (Å²) in [5.74, 6) is -2.26. The molecule has 3 amide bonds. The summed E-state index contributed by atoms with van der Waals surface area (Å²) in [5, 5.41) is 2.77. The first-order valence-electron chi connectivity index (χ1n) is 8.21. The van der Waals surface area contributed by atoms with Gasteiger partial charge in [0.1, 0.15) is 12.3 Å². The fraction of sp³-hybridized carbons (Fsp3) is 0.158. The number of carbonyl (C=O) groups excluding carboxylic acids is 4. The van der Waals surface area contributed by atoms with E-state index in [0.29, 0.717) is 23.0 Å². The lowest BCUT2D eigenvalue weighted by Gasteiger charge is -2.13. The van der Waals surface area contributed by atoms with Crippen molar-refractivity contribution in [1.82, 2.24) is 10.4 Å². The number of rotatable bonds is 6. The van der Waals surface area contributed by atoms with Crippen molar-refractivity contribution >= 4 is 23.7 Å². The Kier molecular flexibility index (Phi) is 5.16. The predicted octanol–water partition coefficient (Wildman–Crippen LogP) is 1.57. The Morgan fingerprint density at radius 2 is 1.56 bits per heavy atom. The first kappa shape index (κ1) is 18.1. The van der Waals surface area contributed by atoms with Crippen molar-refractivity contribution in [1.29, 1.82) is 0 Å². The van der Waals surface area contributed by atoms with Gasteiger partial charge in [0.2, 0.25) is 0 Å². The highest BCUT2D eigenvalue weighted by molar-refractivity contribution is 6.20. The summed E-state index contributed by atoms with van der Waals surface area (Å²) >= 11 is 0. The summed E-state index contributed by atoms with van der Waals surface area (Å²) < 4.78 is 5.28. The maximum Gasteiger partial charge on any atom is 0.352 e. The van der Waals surface area contributed by atoms with Gasteiger partial charge in [-0.25, -0.2) is 4.79 Å². The molecule has 0 spiro atoms. The van der Waals surface area contributed by atoms with Gasteiger partial charge in [-0.3, -0.25) is 14.4 Å². The van der Waals surface area contributed by atoms with E-state index in [1.54, 1.807) is 36.4 Å². The van der Waals surface area contributed by atoms with E-state index in [-0.39, 0.29) is 11.1 Å². The molecule has 1 heterocycles. The Balaban J connectivity index is 1.55. The van der Waals surface area contributed by atoms with Gasteiger partial charge in [0.25, 0.3) is 17.7 Å². The largest absolute Gasteiger partial charge is 0.494 e. The number of fused-ring (bicyclic) bond motifs is 1. The van der Waals surface area contributed by atoms with Crippen molar-refractivity contribution in [2.24, 2.45) is 0 Å². The van der Waals surface area contributed by atoms with Gasteiger partial charge in [-0.15, -0.1) is 0 Å². The maximum atomic E-state index is 12.1. The van der Waals surface area contributed by atoms with E-state index >= 15 is 0 Å². The zero-order chi connectivity index (χ0) is 19.4. The molecule has 0 bridgehead atoms. The normalized spacial score (nSPS) is 12.6. The van der Waals surface area contributed by atoms with Gasteiger partial charge in [-0.05, 0) is 43.3 Å². The standard InChI is InChI=1S/C19H16N2O6/c1-2-26-13-9-7-12(8-10-13)17(23)20-11-16(22)27-21-18(24)14-5-3-4-6-15(14)19(21)25/h3-10H,2,11H2,1H3,(H,20,23). The Hall–Kier alpha value is -3.68. The van der Waals surface area contributed by atoms with Crippen LogP contribution in [-0.2, 0) is 9.63 Å². The number of hydrogen-bond acceptors (Lipinski definition) is 6. The third-order valence-corrected chi connectivity index (χ3v) is 3.77. The molecule has 0 radical (unpaired) electrons. The first-order chi connectivity index (χ1) is 13.0.